The van der Waals surface area contributed by atoms with Gasteiger partial charge in [-0.15, -0.1) is 0 Å². The van der Waals surface area contributed by atoms with E-state index in [0.29, 0.717) is 11.4 Å². The summed E-state index contributed by atoms with van der Waals surface area (Å²) < 4.78 is 1.10. The summed E-state index contributed by atoms with van der Waals surface area (Å²) in [6.07, 6.45) is 2.85. The van der Waals surface area contributed by atoms with E-state index in [2.05, 4.69) is 24.9 Å². The number of H-pyrrole nitrogens is 1. The molecule has 4 heteroatoms. The normalized spacial score (nSPS) is 11.5. The molecule has 0 fully saturated rings. The second-order valence-corrected chi connectivity index (χ2v) is 7.36. The fourth-order valence-corrected chi connectivity index (χ4v) is 4.97. The number of aromatic nitrogens is 1. The van der Waals surface area contributed by atoms with E-state index in [1.807, 2.05) is 24.4 Å². The topological polar surface area (TPSA) is 32.9 Å². The maximum absolute atomic E-state index is 12.4. The van der Waals surface area contributed by atoms with Gasteiger partial charge in [-0.25, -0.2) is 0 Å². The third-order valence-corrected chi connectivity index (χ3v) is 5.66. The fraction of sp³-hybridized carbons (Fsp3) is 0.267. The highest BCUT2D eigenvalue weighted by molar-refractivity contribution is 7.71. The molecule has 0 aliphatic rings. The molecule has 2 nitrogen and oxygen atoms in total. The highest BCUT2D eigenvalue weighted by Gasteiger charge is 2.11. The molecular formula is C15H15NOS2. The summed E-state index contributed by atoms with van der Waals surface area (Å²) in [6.45, 7) is 4.41. The van der Waals surface area contributed by atoms with Crippen LogP contribution >= 0.6 is 20.7 Å². The monoisotopic (exact) mass is 289 g/mol. The van der Waals surface area contributed by atoms with Crippen LogP contribution in [0.25, 0.3) is 21.0 Å². The van der Waals surface area contributed by atoms with Crippen molar-refractivity contribution in [3.05, 3.63) is 45.6 Å². The summed E-state index contributed by atoms with van der Waals surface area (Å²) in [5.41, 5.74) is 0.834. The standard InChI is InChI=1S/C15H15NOS2/c1-9(2)7-10-8-12-14(17)13-11(15(12)19-18-10)5-3-4-6-16-13/h3-6,8-9,16H,7H2,1-2H3. The van der Waals surface area contributed by atoms with E-state index < -0.39 is 0 Å². The minimum absolute atomic E-state index is 0.121. The largest absolute Gasteiger partial charge is 0.358 e. The average molecular weight is 289 g/mol. The minimum Gasteiger partial charge on any atom is -0.358 e. The van der Waals surface area contributed by atoms with Crippen molar-refractivity contribution in [3.8, 4) is 0 Å². The molecule has 98 valence electrons. The molecule has 0 saturated heterocycles. The molecular weight excluding hydrogens is 274 g/mol. The van der Waals surface area contributed by atoms with E-state index in [9.17, 15) is 4.79 Å². The SMILES string of the molecule is CC(C)Cc1cc2c(=O)c3[nH]ccccc3c2ss1. The van der Waals surface area contributed by atoms with Crippen LogP contribution in [0.2, 0.25) is 0 Å². The molecule has 0 unspecified atom stereocenters. The van der Waals surface area contributed by atoms with Crippen molar-refractivity contribution >= 4 is 41.7 Å². The van der Waals surface area contributed by atoms with Crippen LogP contribution in [0.3, 0.4) is 0 Å². The first-order chi connectivity index (χ1) is 9.16. The Labute approximate surface area is 118 Å². The maximum atomic E-state index is 12.4. The number of hydrogen-bond donors (Lipinski definition) is 1. The van der Waals surface area contributed by atoms with Crippen molar-refractivity contribution in [2.24, 2.45) is 5.92 Å². The molecule has 0 aliphatic heterocycles. The quantitative estimate of drug-likeness (QED) is 0.689. The summed E-state index contributed by atoms with van der Waals surface area (Å²) >= 11 is 0. The molecule has 0 spiro atoms. The lowest BCUT2D eigenvalue weighted by molar-refractivity contribution is 0.654. The second-order valence-electron chi connectivity index (χ2n) is 5.10. The smallest absolute Gasteiger partial charge is 0.211 e. The third-order valence-electron chi connectivity index (χ3n) is 3.07. The van der Waals surface area contributed by atoms with E-state index in [1.165, 1.54) is 4.88 Å². The first-order valence-corrected chi connectivity index (χ1v) is 8.50. The van der Waals surface area contributed by atoms with Gasteiger partial charge in [0.05, 0.1) is 10.2 Å². The second kappa shape index (κ2) is 4.94. The molecule has 0 radical (unpaired) electrons. The van der Waals surface area contributed by atoms with Gasteiger partial charge in [-0.1, -0.05) is 46.7 Å². The molecule has 3 rings (SSSR count). The molecule has 1 aromatic carbocycles. The van der Waals surface area contributed by atoms with Gasteiger partial charge in [0.1, 0.15) is 0 Å². The summed E-state index contributed by atoms with van der Waals surface area (Å²) in [6, 6.07) is 7.97. The third kappa shape index (κ3) is 2.26. The Balaban J connectivity index is 2.34. The Bertz CT molecular complexity index is 808. The van der Waals surface area contributed by atoms with Crippen LogP contribution in [-0.2, 0) is 6.42 Å². The Morgan fingerprint density at radius 2 is 2.05 bits per heavy atom. The first kappa shape index (κ1) is 12.6. The zero-order valence-electron chi connectivity index (χ0n) is 10.9. The van der Waals surface area contributed by atoms with Crippen molar-refractivity contribution in [3.63, 3.8) is 0 Å². The first-order valence-electron chi connectivity index (χ1n) is 6.35. The van der Waals surface area contributed by atoms with E-state index in [1.54, 1.807) is 20.7 Å². The molecule has 1 N–H and O–H groups in total. The molecule has 0 atom stereocenters. The minimum atomic E-state index is 0.121. The van der Waals surface area contributed by atoms with Crippen LogP contribution in [0, 0.1) is 5.92 Å². The van der Waals surface area contributed by atoms with E-state index >= 15 is 0 Å². The van der Waals surface area contributed by atoms with Crippen molar-refractivity contribution in [1.82, 2.24) is 4.98 Å². The Morgan fingerprint density at radius 1 is 1.21 bits per heavy atom. The number of rotatable bonds is 2. The molecule has 0 bridgehead atoms. The number of hydrogen-bond acceptors (Lipinski definition) is 3. The molecule has 2 aromatic heterocycles. The summed E-state index contributed by atoms with van der Waals surface area (Å²) in [7, 11) is 3.50. The Morgan fingerprint density at radius 3 is 2.84 bits per heavy atom. The molecule has 0 aliphatic carbocycles. The van der Waals surface area contributed by atoms with Gasteiger partial charge >= 0.3 is 0 Å². The van der Waals surface area contributed by atoms with Crippen LogP contribution in [0.4, 0.5) is 0 Å². The van der Waals surface area contributed by atoms with Gasteiger partial charge in [0.2, 0.25) is 5.43 Å². The van der Waals surface area contributed by atoms with Crippen LogP contribution in [0.5, 0.6) is 0 Å². The van der Waals surface area contributed by atoms with E-state index in [0.717, 1.165) is 21.9 Å². The molecule has 3 aromatic rings. The zero-order valence-corrected chi connectivity index (χ0v) is 12.5. The van der Waals surface area contributed by atoms with E-state index in [-0.39, 0.29) is 5.43 Å². The van der Waals surface area contributed by atoms with Crippen molar-refractivity contribution in [2.45, 2.75) is 20.3 Å². The van der Waals surface area contributed by atoms with Gasteiger partial charge in [0.25, 0.3) is 0 Å². The van der Waals surface area contributed by atoms with Gasteiger partial charge in [-0.05, 0) is 24.5 Å². The van der Waals surface area contributed by atoms with E-state index in [4.69, 9.17) is 0 Å². The van der Waals surface area contributed by atoms with Crippen molar-refractivity contribution in [2.75, 3.05) is 0 Å². The lowest BCUT2D eigenvalue weighted by Crippen LogP contribution is -1.96. The lowest BCUT2D eigenvalue weighted by Gasteiger charge is -2.02. The van der Waals surface area contributed by atoms with Gasteiger partial charge in [0, 0.05) is 21.8 Å². The van der Waals surface area contributed by atoms with Crippen LogP contribution in [-0.4, -0.2) is 4.98 Å². The highest BCUT2D eigenvalue weighted by Crippen LogP contribution is 2.31. The summed E-state index contributed by atoms with van der Waals surface area (Å²) in [5.74, 6) is 0.616. The van der Waals surface area contributed by atoms with Crippen molar-refractivity contribution < 1.29 is 0 Å². The zero-order chi connectivity index (χ0) is 13.4. The Hall–Kier alpha value is -1.39. The van der Waals surface area contributed by atoms with Gasteiger partial charge in [0.15, 0.2) is 0 Å². The fourth-order valence-electron chi connectivity index (χ4n) is 2.26. The van der Waals surface area contributed by atoms with Gasteiger partial charge < -0.3 is 4.98 Å². The highest BCUT2D eigenvalue weighted by atomic mass is 32.9. The number of fused-ring (bicyclic) bond motifs is 3. The molecule has 2 heterocycles. The number of nitrogens with one attached hydrogen (secondary N) is 1. The van der Waals surface area contributed by atoms with Crippen LogP contribution in [0.15, 0.2) is 35.3 Å². The predicted molar refractivity (Wildman–Crippen MR) is 85.2 cm³/mol. The molecule has 0 saturated carbocycles. The Kier molecular flexibility index (Phi) is 3.29. The summed E-state index contributed by atoms with van der Waals surface area (Å²) in [4.78, 5) is 16.8. The lowest BCUT2D eigenvalue weighted by atomic mass is 10.1. The molecule has 0 amide bonds. The summed E-state index contributed by atoms with van der Waals surface area (Å²) in [5, 5.41) is 1.89. The number of aromatic amines is 1. The molecule has 19 heavy (non-hydrogen) atoms. The van der Waals surface area contributed by atoms with Crippen LogP contribution in [0.1, 0.15) is 18.7 Å². The van der Waals surface area contributed by atoms with Crippen molar-refractivity contribution in [1.29, 1.82) is 0 Å². The van der Waals surface area contributed by atoms with Gasteiger partial charge in [-0.2, -0.15) is 0 Å². The maximum Gasteiger partial charge on any atom is 0.211 e. The van der Waals surface area contributed by atoms with Gasteiger partial charge in [-0.3, -0.25) is 4.79 Å². The van der Waals surface area contributed by atoms with Crippen LogP contribution < -0.4 is 5.43 Å². The predicted octanol–water partition coefficient (Wildman–Crippen LogP) is 4.57. The average Bonchev–Trinajstić information content (AvgIpc) is 2.57.